The highest BCUT2D eigenvalue weighted by atomic mass is 16.2. The van der Waals surface area contributed by atoms with E-state index >= 15 is 0 Å². The number of benzene rings is 1. The summed E-state index contributed by atoms with van der Waals surface area (Å²) in [6.07, 6.45) is 1.58. The molecule has 1 aromatic heterocycles. The van der Waals surface area contributed by atoms with E-state index in [1.54, 1.807) is 31.6 Å². The van der Waals surface area contributed by atoms with Crippen molar-refractivity contribution < 1.29 is 9.59 Å². The van der Waals surface area contributed by atoms with Gasteiger partial charge in [-0.25, -0.2) is 4.98 Å². The van der Waals surface area contributed by atoms with Gasteiger partial charge in [0.2, 0.25) is 5.91 Å². The van der Waals surface area contributed by atoms with Gasteiger partial charge in [0.25, 0.3) is 5.91 Å². The molecule has 18 heavy (non-hydrogen) atoms. The quantitative estimate of drug-likeness (QED) is 0.822. The summed E-state index contributed by atoms with van der Waals surface area (Å²) in [7, 11) is 3.13. The Morgan fingerprint density at radius 1 is 1.44 bits per heavy atom. The highest BCUT2D eigenvalue weighted by Crippen LogP contribution is 2.12. The first-order valence-electron chi connectivity index (χ1n) is 5.51. The van der Waals surface area contributed by atoms with Crippen molar-refractivity contribution in [3.63, 3.8) is 0 Å². The van der Waals surface area contributed by atoms with E-state index in [9.17, 15) is 9.59 Å². The number of rotatable bonds is 3. The van der Waals surface area contributed by atoms with Crippen LogP contribution in [0.1, 0.15) is 10.4 Å². The molecular formula is C12H14N4O2. The fraction of sp³-hybridized carbons (Fsp3) is 0.250. The standard InChI is InChI=1S/C12H14N4O2/c1-13-11(17)6-16(2)12(18)8-3-4-9-10(5-8)15-7-14-9/h3-5,7H,6H2,1-2H3,(H,13,17)(H,14,15). The Morgan fingerprint density at radius 2 is 2.22 bits per heavy atom. The molecule has 94 valence electrons. The molecule has 2 N–H and O–H groups in total. The van der Waals surface area contributed by atoms with Crippen molar-refractivity contribution >= 4 is 22.8 Å². The third-order valence-corrected chi connectivity index (χ3v) is 2.67. The molecule has 0 aliphatic rings. The molecule has 0 saturated carbocycles. The summed E-state index contributed by atoms with van der Waals surface area (Å²) < 4.78 is 0. The predicted octanol–water partition coefficient (Wildman–Crippen LogP) is 0.381. The fourth-order valence-corrected chi connectivity index (χ4v) is 1.66. The number of fused-ring (bicyclic) bond motifs is 1. The van der Waals surface area contributed by atoms with Gasteiger partial charge in [0.15, 0.2) is 0 Å². The smallest absolute Gasteiger partial charge is 0.254 e. The lowest BCUT2D eigenvalue weighted by atomic mass is 10.2. The molecule has 0 bridgehead atoms. The minimum atomic E-state index is -0.200. The number of hydrogen-bond acceptors (Lipinski definition) is 3. The Hall–Kier alpha value is -2.37. The molecule has 0 atom stereocenters. The molecule has 1 heterocycles. The molecule has 1 aromatic carbocycles. The van der Waals surface area contributed by atoms with Gasteiger partial charge in [-0.3, -0.25) is 9.59 Å². The molecule has 0 aliphatic heterocycles. The van der Waals surface area contributed by atoms with E-state index in [1.165, 1.54) is 11.9 Å². The number of aromatic nitrogens is 2. The zero-order valence-corrected chi connectivity index (χ0v) is 10.2. The van der Waals surface area contributed by atoms with E-state index in [1.807, 2.05) is 0 Å². The maximum absolute atomic E-state index is 12.1. The molecule has 0 radical (unpaired) electrons. The largest absolute Gasteiger partial charge is 0.358 e. The number of carbonyl (C=O) groups excluding carboxylic acids is 2. The normalized spacial score (nSPS) is 10.3. The van der Waals surface area contributed by atoms with Crippen molar-refractivity contribution in [2.24, 2.45) is 0 Å². The molecule has 6 heteroatoms. The van der Waals surface area contributed by atoms with Gasteiger partial charge in [-0.15, -0.1) is 0 Å². The van der Waals surface area contributed by atoms with Gasteiger partial charge in [0, 0.05) is 19.7 Å². The zero-order valence-electron chi connectivity index (χ0n) is 10.2. The Morgan fingerprint density at radius 3 is 2.94 bits per heavy atom. The van der Waals surface area contributed by atoms with Crippen molar-refractivity contribution in [1.82, 2.24) is 20.2 Å². The Bertz CT molecular complexity index is 591. The molecule has 0 spiro atoms. The van der Waals surface area contributed by atoms with E-state index < -0.39 is 0 Å². The minimum Gasteiger partial charge on any atom is -0.358 e. The van der Waals surface area contributed by atoms with Gasteiger partial charge in [-0.2, -0.15) is 0 Å². The average Bonchev–Trinajstić information content (AvgIpc) is 2.84. The first-order chi connectivity index (χ1) is 8.61. The number of aromatic amines is 1. The summed E-state index contributed by atoms with van der Waals surface area (Å²) in [6.45, 7) is 0.0380. The van der Waals surface area contributed by atoms with Crippen LogP contribution < -0.4 is 5.32 Å². The predicted molar refractivity (Wildman–Crippen MR) is 67.1 cm³/mol. The van der Waals surface area contributed by atoms with Crippen LogP contribution in [0, 0.1) is 0 Å². The first-order valence-corrected chi connectivity index (χ1v) is 5.51. The molecule has 6 nitrogen and oxygen atoms in total. The number of nitrogens with zero attached hydrogens (tertiary/aromatic N) is 2. The summed E-state index contributed by atoms with van der Waals surface area (Å²) in [6, 6.07) is 5.20. The van der Waals surface area contributed by atoms with Gasteiger partial charge in [-0.05, 0) is 18.2 Å². The second kappa shape index (κ2) is 4.87. The Kier molecular flexibility index (Phi) is 3.27. The second-order valence-electron chi connectivity index (χ2n) is 3.97. The molecule has 0 aliphatic carbocycles. The highest BCUT2D eigenvalue weighted by molar-refractivity contribution is 5.98. The second-order valence-corrected chi connectivity index (χ2v) is 3.97. The summed E-state index contributed by atoms with van der Waals surface area (Å²) in [5.74, 6) is -0.399. The van der Waals surface area contributed by atoms with Crippen LogP contribution in [-0.4, -0.2) is 47.3 Å². The molecule has 2 amide bonds. The van der Waals surface area contributed by atoms with Crippen molar-refractivity contribution in [2.75, 3.05) is 20.6 Å². The lowest BCUT2D eigenvalue weighted by molar-refractivity contribution is -0.121. The van der Waals surface area contributed by atoms with Crippen molar-refractivity contribution in [3.8, 4) is 0 Å². The van der Waals surface area contributed by atoms with Crippen LogP contribution in [0.15, 0.2) is 24.5 Å². The SMILES string of the molecule is CNC(=O)CN(C)C(=O)c1ccc2nc[nH]c2c1. The monoisotopic (exact) mass is 246 g/mol. The molecular weight excluding hydrogens is 232 g/mol. The van der Waals surface area contributed by atoms with Gasteiger partial charge in [0.05, 0.1) is 23.9 Å². The summed E-state index contributed by atoms with van der Waals surface area (Å²) >= 11 is 0. The highest BCUT2D eigenvalue weighted by Gasteiger charge is 2.14. The average molecular weight is 246 g/mol. The van der Waals surface area contributed by atoms with Crippen molar-refractivity contribution in [3.05, 3.63) is 30.1 Å². The summed E-state index contributed by atoms with van der Waals surface area (Å²) in [5, 5.41) is 2.48. The number of nitrogens with one attached hydrogen (secondary N) is 2. The minimum absolute atomic E-state index is 0.0380. The molecule has 0 unspecified atom stereocenters. The number of likely N-dealkylation sites (N-methyl/N-ethyl adjacent to an activating group) is 2. The number of amides is 2. The van der Waals surface area contributed by atoms with Crippen molar-refractivity contribution in [1.29, 1.82) is 0 Å². The first kappa shape index (κ1) is 12.1. The summed E-state index contributed by atoms with van der Waals surface area (Å²) in [4.78, 5) is 31.7. The lowest BCUT2D eigenvalue weighted by Gasteiger charge is -2.15. The van der Waals surface area contributed by atoms with Crippen molar-refractivity contribution in [2.45, 2.75) is 0 Å². The number of carbonyl (C=O) groups is 2. The van der Waals surface area contributed by atoms with Gasteiger partial charge < -0.3 is 15.2 Å². The van der Waals surface area contributed by atoms with Crippen LogP contribution in [0.25, 0.3) is 11.0 Å². The zero-order chi connectivity index (χ0) is 13.1. The molecule has 0 fully saturated rings. The van der Waals surface area contributed by atoms with E-state index in [4.69, 9.17) is 0 Å². The van der Waals surface area contributed by atoms with E-state index in [-0.39, 0.29) is 18.4 Å². The van der Waals surface area contributed by atoms with Crippen LogP contribution in [-0.2, 0) is 4.79 Å². The van der Waals surface area contributed by atoms with Gasteiger partial charge >= 0.3 is 0 Å². The maximum Gasteiger partial charge on any atom is 0.254 e. The fourth-order valence-electron chi connectivity index (χ4n) is 1.66. The Labute approximate surface area is 104 Å². The van der Waals surface area contributed by atoms with E-state index in [0.29, 0.717) is 5.56 Å². The van der Waals surface area contributed by atoms with Crippen LogP contribution in [0.4, 0.5) is 0 Å². The van der Waals surface area contributed by atoms with Crippen LogP contribution in [0.5, 0.6) is 0 Å². The molecule has 2 rings (SSSR count). The van der Waals surface area contributed by atoms with E-state index in [0.717, 1.165) is 11.0 Å². The third-order valence-electron chi connectivity index (χ3n) is 2.67. The number of H-pyrrole nitrogens is 1. The Balaban J connectivity index is 2.19. The lowest BCUT2D eigenvalue weighted by Crippen LogP contribution is -2.36. The molecule has 0 saturated heterocycles. The number of hydrogen-bond donors (Lipinski definition) is 2. The van der Waals surface area contributed by atoms with Crippen LogP contribution in [0.2, 0.25) is 0 Å². The number of imidazole rings is 1. The van der Waals surface area contributed by atoms with E-state index in [2.05, 4.69) is 15.3 Å². The maximum atomic E-state index is 12.1. The van der Waals surface area contributed by atoms with Crippen LogP contribution in [0.3, 0.4) is 0 Å². The summed E-state index contributed by atoms with van der Waals surface area (Å²) in [5.41, 5.74) is 2.13. The molecule has 2 aromatic rings. The topological polar surface area (TPSA) is 78.1 Å². The van der Waals surface area contributed by atoms with Gasteiger partial charge in [0.1, 0.15) is 0 Å². The van der Waals surface area contributed by atoms with Gasteiger partial charge in [-0.1, -0.05) is 0 Å². The third kappa shape index (κ3) is 2.32. The van der Waals surface area contributed by atoms with Crippen LogP contribution >= 0.6 is 0 Å².